The van der Waals surface area contributed by atoms with Crippen LogP contribution >= 0.6 is 0 Å². The first kappa shape index (κ1) is 15.6. The maximum Gasteiger partial charge on any atom is 0.146 e. The number of carbonyl (C=O) groups excluding carboxylic acids is 1. The molecule has 0 saturated carbocycles. The van der Waals surface area contributed by atoms with E-state index in [1.165, 1.54) is 0 Å². The minimum Gasteiger partial charge on any atom is -0.379 e. The Hall–Kier alpha value is -1.45. The van der Waals surface area contributed by atoms with Crippen LogP contribution in [-0.4, -0.2) is 32.7 Å². The van der Waals surface area contributed by atoms with Gasteiger partial charge in [0, 0.05) is 14.2 Å². The molecular formula is C16H22O3. The first-order valence-electron chi connectivity index (χ1n) is 6.47. The molecule has 0 amide bonds. The maximum absolute atomic E-state index is 11.1. The van der Waals surface area contributed by atoms with Crippen LogP contribution < -0.4 is 0 Å². The predicted octanol–water partition coefficient (Wildman–Crippen LogP) is 3.10. The van der Waals surface area contributed by atoms with Crippen LogP contribution in [0.15, 0.2) is 35.9 Å². The van der Waals surface area contributed by atoms with Crippen LogP contribution in [0.5, 0.6) is 0 Å². The summed E-state index contributed by atoms with van der Waals surface area (Å²) in [6.07, 6.45) is 4.31. The Kier molecular flexibility index (Phi) is 7.08. The third-order valence-corrected chi connectivity index (χ3v) is 3.22. The molecule has 0 bridgehead atoms. The molecule has 0 radical (unpaired) electrons. The smallest absolute Gasteiger partial charge is 0.146 e. The first-order valence-corrected chi connectivity index (χ1v) is 6.47. The van der Waals surface area contributed by atoms with Gasteiger partial charge in [-0.15, -0.1) is 0 Å². The summed E-state index contributed by atoms with van der Waals surface area (Å²) < 4.78 is 10.6. The quantitative estimate of drug-likeness (QED) is 0.533. The van der Waals surface area contributed by atoms with Gasteiger partial charge in [0.1, 0.15) is 6.29 Å². The van der Waals surface area contributed by atoms with E-state index in [1.54, 1.807) is 14.2 Å². The van der Waals surface area contributed by atoms with E-state index in [2.05, 4.69) is 0 Å². The van der Waals surface area contributed by atoms with E-state index in [9.17, 15) is 4.79 Å². The second-order valence-electron chi connectivity index (χ2n) is 4.50. The van der Waals surface area contributed by atoms with Crippen molar-refractivity contribution in [3.8, 4) is 0 Å². The summed E-state index contributed by atoms with van der Waals surface area (Å²) in [7, 11) is 3.33. The molecule has 2 unspecified atom stereocenters. The molecule has 0 aromatic heterocycles. The highest BCUT2D eigenvalue weighted by atomic mass is 16.5. The van der Waals surface area contributed by atoms with Crippen molar-refractivity contribution in [1.29, 1.82) is 0 Å². The summed E-state index contributed by atoms with van der Waals surface area (Å²) in [5, 5.41) is 0. The van der Waals surface area contributed by atoms with E-state index in [4.69, 9.17) is 9.47 Å². The zero-order chi connectivity index (χ0) is 14.1. The zero-order valence-electron chi connectivity index (χ0n) is 11.8. The lowest BCUT2D eigenvalue weighted by molar-refractivity contribution is -0.105. The molecule has 19 heavy (non-hydrogen) atoms. The van der Waals surface area contributed by atoms with E-state index in [0.717, 1.165) is 23.8 Å². The standard InChI is InChI=1S/C16H22O3/c1-13(18-2)16(19-3)10-9-15(12-17)11-14-7-5-4-6-8-14/h4-8,11-13,16H,9-10H2,1-3H3. The zero-order valence-corrected chi connectivity index (χ0v) is 11.8. The molecule has 3 nitrogen and oxygen atoms in total. The van der Waals surface area contributed by atoms with Gasteiger partial charge < -0.3 is 9.47 Å². The Morgan fingerprint density at radius 3 is 2.42 bits per heavy atom. The summed E-state index contributed by atoms with van der Waals surface area (Å²) >= 11 is 0. The normalized spacial score (nSPS) is 15.0. The lowest BCUT2D eigenvalue weighted by Crippen LogP contribution is -2.27. The van der Waals surface area contributed by atoms with Gasteiger partial charge in [0.05, 0.1) is 12.2 Å². The van der Waals surface area contributed by atoms with E-state index in [1.807, 2.05) is 43.3 Å². The topological polar surface area (TPSA) is 35.5 Å². The van der Waals surface area contributed by atoms with Crippen molar-refractivity contribution in [2.24, 2.45) is 0 Å². The second-order valence-corrected chi connectivity index (χ2v) is 4.50. The molecule has 104 valence electrons. The Balaban J connectivity index is 2.62. The number of hydrogen-bond acceptors (Lipinski definition) is 3. The van der Waals surface area contributed by atoms with Gasteiger partial charge in [-0.2, -0.15) is 0 Å². The SMILES string of the molecule is COC(C)C(CCC(C=O)=Cc1ccccc1)OC. The highest BCUT2D eigenvalue weighted by molar-refractivity contribution is 5.81. The first-order chi connectivity index (χ1) is 9.21. The predicted molar refractivity (Wildman–Crippen MR) is 77.0 cm³/mol. The molecule has 1 aromatic carbocycles. The lowest BCUT2D eigenvalue weighted by Gasteiger charge is -2.21. The van der Waals surface area contributed by atoms with Crippen LogP contribution in [0.1, 0.15) is 25.3 Å². The van der Waals surface area contributed by atoms with Crippen molar-refractivity contribution in [3.63, 3.8) is 0 Å². The van der Waals surface area contributed by atoms with Crippen LogP contribution in [0.3, 0.4) is 0 Å². The highest BCUT2D eigenvalue weighted by Gasteiger charge is 2.16. The van der Waals surface area contributed by atoms with Crippen LogP contribution in [-0.2, 0) is 14.3 Å². The Labute approximate surface area is 115 Å². The summed E-state index contributed by atoms with van der Waals surface area (Å²) in [6.45, 7) is 1.97. The lowest BCUT2D eigenvalue weighted by atomic mass is 10.0. The monoisotopic (exact) mass is 262 g/mol. The summed E-state index contributed by atoms with van der Waals surface area (Å²) in [6, 6.07) is 9.84. The third kappa shape index (κ3) is 5.37. The van der Waals surface area contributed by atoms with Gasteiger partial charge >= 0.3 is 0 Å². The fourth-order valence-electron chi connectivity index (χ4n) is 1.93. The van der Waals surface area contributed by atoms with Gasteiger partial charge in [-0.3, -0.25) is 4.79 Å². The molecule has 0 fully saturated rings. The fourth-order valence-corrected chi connectivity index (χ4v) is 1.93. The Morgan fingerprint density at radius 2 is 1.89 bits per heavy atom. The van der Waals surface area contributed by atoms with Crippen molar-refractivity contribution in [1.82, 2.24) is 0 Å². The molecule has 0 saturated heterocycles. The number of hydrogen-bond donors (Lipinski definition) is 0. The summed E-state index contributed by atoms with van der Waals surface area (Å²) in [5.74, 6) is 0. The summed E-state index contributed by atoms with van der Waals surface area (Å²) in [5.41, 5.74) is 1.81. The minimum atomic E-state index is 0.00382. The molecule has 0 spiro atoms. The number of rotatable bonds is 8. The van der Waals surface area contributed by atoms with Gasteiger partial charge in [0.25, 0.3) is 0 Å². The molecule has 3 heteroatoms. The van der Waals surface area contributed by atoms with Crippen molar-refractivity contribution in [3.05, 3.63) is 41.5 Å². The van der Waals surface area contributed by atoms with Crippen molar-refractivity contribution in [2.75, 3.05) is 14.2 Å². The average molecular weight is 262 g/mol. The van der Waals surface area contributed by atoms with E-state index >= 15 is 0 Å². The molecule has 0 heterocycles. The Bertz CT molecular complexity index is 398. The third-order valence-electron chi connectivity index (χ3n) is 3.22. The summed E-state index contributed by atoms with van der Waals surface area (Å²) in [4.78, 5) is 11.1. The van der Waals surface area contributed by atoms with Crippen molar-refractivity contribution >= 4 is 12.4 Å². The van der Waals surface area contributed by atoms with Gasteiger partial charge in [-0.05, 0) is 37.0 Å². The molecule has 0 aliphatic rings. The van der Waals surface area contributed by atoms with Gasteiger partial charge in [0.15, 0.2) is 0 Å². The molecule has 1 rings (SSSR count). The Morgan fingerprint density at radius 1 is 1.21 bits per heavy atom. The molecule has 0 aliphatic carbocycles. The van der Waals surface area contributed by atoms with Crippen LogP contribution in [0, 0.1) is 0 Å². The minimum absolute atomic E-state index is 0.00382. The van der Waals surface area contributed by atoms with E-state index in [-0.39, 0.29) is 12.2 Å². The number of allylic oxidation sites excluding steroid dienone is 1. The van der Waals surface area contributed by atoms with Gasteiger partial charge in [-0.25, -0.2) is 0 Å². The molecule has 0 N–H and O–H groups in total. The largest absolute Gasteiger partial charge is 0.379 e. The van der Waals surface area contributed by atoms with Crippen molar-refractivity contribution in [2.45, 2.75) is 32.0 Å². The second kappa shape index (κ2) is 8.62. The van der Waals surface area contributed by atoms with Crippen LogP contribution in [0.25, 0.3) is 6.08 Å². The number of methoxy groups -OCH3 is 2. The van der Waals surface area contributed by atoms with Crippen LogP contribution in [0.2, 0.25) is 0 Å². The highest BCUT2D eigenvalue weighted by Crippen LogP contribution is 2.15. The maximum atomic E-state index is 11.1. The fraction of sp³-hybridized carbons (Fsp3) is 0.438. The van der Waals surface area contributed by atoms with Crippen molar-refractivity contribution < 1.29 is 14.3 Å². The molecular weight excluding hydrogens is 240 g/mol. The van der Waals surface area contributed by atoms with Crippen LogP contribution in [0.4, 0.5) is 0 Å². The number of carbonyl (C=O) groups is 1. The van der Waals surface area contributed by atoms with E-state index in [0.29, 0.717) is 6.42 Å². The number of ether oxygens (including phenoxy) is 2. The molecule has 2 atom stereocenters. The van der Waals surface area contributed by atoms with Gasteiger partial charge in [-0.1, -0.05) is 30.3 Å². The average Bonchev–Trinajstić information content (AvgIpc) is 2.47. The number of aldehydes is 1. The van der Waals surface area contributed by atoms with Gasteiger partial charge in [0.2, 0.25) is 0 Å². The molecule has 0 aliphatic heterocycles. The molecule has 1 aromatic rings. The number of benzene rings is 1. The van der Waals surface area contributed by atoms with E-state index < -0.39 is 0 Å².